The molecule has 0 bridgehead atoms. The lowest BCUT2D eigenvalue weighted by molar-refractivity contribution is -0.0671. The molecule has 3 heteroatoms. The summed E-state index contributed by atoms with van der Waals surface area (Å²) in [7, 11) is 0. The first-order chi connectivity index (χ1) is 7.43. The van der Waals surface area contributed by atoms with Crippen molar-refractivity contribution in [3.63, 3.8) is 0 Å². The van der Waals surface area contributed by atoms with Crippen LogP contribution in [-0.2, 0) is 4.74 Å². The van der Waals surface area contributed by atoms with Crippen LogP contribution in [-0.4, -0.2) is 29.5 Å². The molecule has 4 unspecified atom stereocenters. The van der Waals surface area contributed by atoms with Crippen LogP contribution < -0.4 is 5.73 Å². The van der Waals surface area contributed by atoms with E-state index in [9.17, 15) is 5.11 Å². The van der Waals surface area contributed by atoms with Crippen molar-refractivity contribution >= 4 is 0 Å². The Morgan fingerprint density at radius 3 is 2.75 bits per heavy atom. The molecule has 1 saturated carbocycles. The molecule has 1 fully saturated rings. The molecule has 0 amide bonds. The lowest BCUT2D eigenvalue weighted by Crippen LogP contribution is -2.39. The SMILES string of the molecule is CC1CCCC(OC(C)CC(C)(O)CN)C1. The quantitative estimate of drug-likeness (QED) is 0.759. The van der Waals surface area contributed by atoms with Crippen LogP contribution in [0.2, 0.25) is 0 Å². The molecule has 0 radical (unpaired) electrons. The van der Waals surface area contributed by atoms with Gasteiger partial charge in [0.1, 0.15) is 0 Å². The molecule has 96 valence electrons. The van der Waals surface area contributed by atoms with E-state index in [4.69, 9.17) is 10.5 Å². The summed E-state index contributed by atoms with van der Waals surface area (Å²) in [5, 5.41) is 9.87. The number of ether oxygens (including phenoxy) is 1. The second-order valence-corrected chi connectivity index (χ2v) is 5.75. The molecule has 1 aliphatic carbocycles. The molecule has 0 aromatic heterocycles. The van der Waals surface area contributed by atoms with Crippen LogP contribution in [0.3, 0.4) is 0 Å². The van der Waals surface area contributed by atoms with Gasteiger partial charge in [0, 0.05) is 13.0 Å². The first-order valence-electron chi connectivity index (χ1n) is 6.51. The minimum Gasteiger partial charge on any atom is -0.389 e. The van der Waals surface area contributed by atoms with Gasteiger partial charge in [-0.05, 0) is 32.6 Å². The maximum Gasteiger partial charge on any atom is 0.0766 e. The van der Waals surface area contributed by atoms with Gasteiger partial charge in [-0.2, -0.15) is 0 Å². The Morgan fingerprint density at radius 1 is 1.50 bits per heavy atom. The summed E-state index contributed by atoms with van der Waals surface area (Å²) < 4.78 is 5.98. The third-order valence-corrected chi connectivity index (χ3v) is 3.48. The maximum absolute atomic E-state index is 9.87. The summed E-state index contributed by atoms with van der Waals surface area (Å²) >= 11 is 0. The number of hydrogen-bond acceptors (Lipinski definition) is 3. The molecule has 3 nitrogen and oxygen atoms in total. The van der Waals surface area contributed by atoms with E-state index in [1.165, 1.54) is 19.3 Å². The second-order valence-electron chi connectivity index (χ2n) is 5.75. The summed E-state index contributed by atoms with van der Waals surface area (Å²) in [6.07, 6.45) is 6.02. The Hall–Kier alpha value is -0.120. The van der Waals surface area contributed by atoms with Gasteiger partial charge < -0.3 is 15.6 Å². The summed E-state index contributed by atoms with van der Waals surface area (Å²) in [4.78, 5) is 0. The van der Waals surface area contributed by atoms with Gasteiger partial charge >= 0.3 is 0 Å². The molecule has 1 rings (SSSR count). The van der Waals surface area contributed by atoms with E-state index in [0.29, 0.717) is 19.1 Å². The topological polar surface area (TPSA) is 55.5 Å². The predicted octanol–water partition coefficient (Wildman–Crippen LogP) is 2.07. The molecule has 0 aliphatic heterocycles. The average molecular weight is 229 g/mol. The van der Waals surface area contributed by atoms with Crippen LogP contribution in [0.4, 0.5) is 0 Å². The Labute approximate surface area is 99.4 Å². The molecule has 0 heterocycles. The van der Waals surface area contributed by atoms with Crippen molar-refractivity contribution in [2.24, 2.45) is 11.7 Å². The van der Waals surface area contributed by atoms with Gasteiger partial charge in [-0.15, -0.1) is 0 Å². The summed E-state index contributed by atoms with van der Waals surface area (Å²) in [5.41, 5.74) is 4.71. The Kier molecular flexibility index (Phi) is 5.22. The van der Waals surface area contributed by atoms with Crippen LogP contribution in [0, 0.1) is 5.92 Å². The van der Waals surface area contributed by atoms with Gasteiger partial charge in [0.05, 0.1) is 17.8 Å². The number of rotatable bonds is 5. The number of aliphatic hydroxyl groups is 1. The van der Waals surface area contributed by atoms with Gasteiger partial charge in [0.15, 0.2) is 0 Å². The van der Waals surface area contributed by atoms with Crippen molar-refractivity contribution in [3.05, 3.63) is 0 Å². The molecule has 16 heavy (non-hydrogen) atoms. The van der Waals surface area contributed by atoms with Gasteiger partial charge in [-0.25, -0.2) is 0 Å². The van der Waals surface area contributed by atoms with Crippen molar-refractivity contribution in [2.45, 2.75) is 70.7 Å². The summed E-state index contributed by atoms with van der Waals surface area (Å²) in [6.45, 7) is 6.39. The zero-order valence-electron chi connectivity index (χ0n) is 10.9. The highest BCUT2D eigenvalue weighted by Gasteiger charge is 2.26. The monoisotopic (exact) mass is 229 g/mol. The molecule has 0 aromatic carbocycles. The minimum atomic E-state index is -0.792. The predicted molar refractivity (Wildman–Crippen MR) is 66.3 cm³/mol. The normalized spacial score (nSPS) is 32.1. The van der Waals surface area contributed by atoms with Gasteiger partial charge in [0.25, 0.3) is 0 Å². The van der Waals surface area contributed by atoms with E-state index in [1.807, 2.05) is 6.92 Å². The van der Waals surface area contributed by atoms with E-state index in [-0.39, 0.29) is 6.10 Å². The van der Waals surface area contributed by atoms with Crippen molar-refractivity contribution in [1.82, 2.24) is 0 Å². The largest absolute Gasteiger partial charge is 0.389 e. The molecular weight excluding hydrogens is 202 g/mol. The van der Waals surface area contributed by atoms with Crippen molar-refractivity contribution in [1.29, 1.82) is 0 Å². The average Bonchev–Trinajstić information content (AvgIpc) is 2.16. The molecule has 0 spiro atoms. The first kappa shape index (κ1) is 13.9. The van der Waals surface area contributed by atoms with Crippen LogP contribution in [0.5, 0.6) is 0 Å². The van der Waals surface area contributed by atoms with Crippen molar-refractivity contribution in [2.75, 3.05) is 6.54 Å². The lowest BCUT2D eigenvalue weighted by Gasteiger charge is -2.32. The third-order valence-electron chi connectivity index (χ3n) is 3.48. The van der Waals surface area contributed by atoms with Gasteiger partial charge in [-0.1, -0.05) is 19.8 Å². The summed E-state index contributed by atoms with van der Waals surface area (Å²) in [5.74, 6) is 0.779. The first-order valence-corrected chi connectivity index (χ1v) is 6.51. The van der Waals surface area contributed by atoms with Crippen molar-refractivity contribution < 1.29 is 9.84 Å². The molecule has 3 N–H and O–H groups in total. The lowest BCUT2D eigenvalue weighted by atomic mass is 9.88. The number of hydrogen-bond donors (Lipinski definition) is 2. The molecule has 0 saturated heterocycles. The number of nitrogens with two attached hydrogens (primary N) is 1. The van der Waals surface area contributed by atoms with E-state index in [0.717, 1.165) is 12.3 Å². The highest BCUT2D eigenvalue weighted by atomic mass is 16.5. The standard InChI is InChI=1S/C13H27NO2/c1-10-5-4-6-12(7-10)16-11(2)8-13(3,15)9-14/h10-12,15H,4-9,14H2,1-3H3. The highest BCUT2D eigenvalue weighted by Crippen LogP contribution is 2.27. The van der Waals surface area contributed by atoms with Crippen LogP contribution in [0.1, 0.15) is 52.9 Å². The Morgan fingerprint density at radius 2 is 2.19 bits per heavy atom. The van der Waals surface area contributed by atoms with E-state index < -0.39 is 5.60 Å². The highest BCUT2D eigenvalue weighted by molar-refractivity contribution is 4.78. The fourth-order valence-corrected chi connectivity index (χ4v) is 2.58. The minimum absolute atomic E-state index is 0.0915. The second kappa shape index (κ2) is 5.99. The van der Waals surface area contributed by atoms with Crippen LogP contribution in [0.25, 0.3) is 0 Å². The molecule has 4 atom stereocenters. The maximum atomic E-state index is 9.87. The zero-order chi connectivity index (χ0) is 12.2. The fourth-order valence-electron chi connectivity index (χ4n) is 2.58. The zero-order valence-corrected chi connectivity index (χ0v) is 10.9. The molecule has 0 aromatic rings. The van der Waals surface area contributed by atoms with E-state index in [2.05, 4.69) is 6.92 Å². The molecular formula is C13H27NO2. The van der Waals surface area contributed by atoms with E-state index in [1.54, 1.807) is 6.92 Å². The third kappa shape index (κ3) is 4.81. The van der Waals surface area contributed by atoms with Crippen LogP contribution in [0.15, 0.2) is 0 Å². The molecule has 1 aliphatic rings. The Balaban J connectivity index is 2.30. The van der Waals surface area contributed by atoms with Crippen molar-refractivity contribution in [3.8, 4) is 0 Å². The van der Waals surface area contributed by atoms with Crippen LogP contribution >= 0.6 is 0 Å². The fraction of sp³-hybridized carbons (Fsp3) is 1.00. The van der Waals surface area contributed by atoms with Gasteiger partial charge in [-0.3, -0.25) is 0 Å². The summed E-state index contributed by atoms with van der Waals surface area (Å²) in [6, 6.07) is 0. The smallest absolute Gasteiger partial charge is 0.0766 e. The Bertz CT molecular complexity index is 206. The van der Waals surface area contributed by atoms with E-state index >= 15 is 0 Å². The van der Waals surface area contributed by atoms with Gasteiger partial charge in [0.2, 0.25) is 0 Å².